The zero-order valence-corrected chi connectivity index (χ0v) is 9.39. The van der Waals surface area contributed by atoms with Gasteiger partial charge in [0.25, 0.3) is 0 Å². The van der Waals surface area contributed by atoms with Crippen molar-refractivity contribution < 1.29 is 14.3 Å². The van der Waals surface area contributed by atoms with Gasteiger partial charge in [0.15, 0.2) is 0 Å². The smallest absolute Gasteiger partial charge is 0.325 e. The zero-order valence-electron chi connectivity index (χ0n) is 9.39. The summed E-state index contributed by atoms with van der Waals surface area (Å²) in [5.41, 5.74) is 6.62. The largest absolute Gasteiger partial charge is 0.465 e. The summed E-state index contributed by atoms with van der Waals surface area (Å²) >= 11 is 0. The molecule has 1 unspecified atom stereocenters. The van der Waals surface area contributed by atoms with E-state index in [1.807, 2.05) is 30.3 Å². The third-order valence-corrected chi connectivity index (χ3v) is 2.00. The van der Waals surface area contributed by atoms with Crippen LogP contribution in [0.1, 0.15) is 12.5 Å². The van der Waals surface area contributed by atoms with Crippen molar-refractivity contribution in [2.75, 3.05) is 13.2 Å². The summed E-state index contributed by atoms with van der Waals surface area (Å²) in [6.45, 7) is 2.71. The predicted octanol–water partition coefficient (Wildman–Crippen LogP) is 1.09. The number of hydrogen-bond acceptors (Lipinski definition) is 4. The molecule has 16 heavy (non-hydrogen) atoms. The maximum Gasteiger partial charge on any atom is 0.325 e. The molecule has 0 heterocycles. The summed E-state index contributed by atoms with van der Waals surface area (Å²) in [6, 6.07) is 9.01. The molecule has 1 aromatic rings. The fourth-order valence-corrected chi connectivity index (χ4v) is 1.20. The van der Waals surface area contributed by atoms with Crippen LogP contribution >= 0.6 is 0 Å². The molecule has 0 bridgehead atoms. The fraction of sp³-hybridized carbons (Fsp3) is 0.417. The van der Waals surface area contributed by atoms with Crippen molar-refractivity contribution in [1.82, 2.24) is 0 Å². The number of hydrogen-bond donors (Lipinski definition) is 1. The van der Waals surface area contributed by atoms with Crippen molar-refractivity contribution in [3.05, 3.63) is 35.9 Å². The van der Waals surface area contributed by atoms with E-state index in [1.54, 1.807) is 6.92 Å². The molecule has 0 spiro atoms. The van der Waals surface area contributed by atoms with Crippen molar-refractivity contribution in [1.29, 1.82) is 0 Å². The Bertz CT molecular complexity index is 313. The monoisotopic (exact) mass is 223 g/mol. The van der Waals surface area contributed by atoms with Gasteiger partial charge in [0.2, 0.25) is 0 Å². The van der Waals surface area contributed by atoms with Crippen LogP contribution in [0.4, 0.5) is 0 Å². The second-order valence-corrected chi connectivity index (χ2v) is 3.36. The third-order valence-electron chi connectivity index (χ3n) is 2.00. The van der Waals surface area contributed by atoms with Crippen LogP contribution in [0.5, 0.6) is 0 Å². The highest BCUT2D eigenvalue weighted by atomic mass is 16.5. The summed E-state index contributed by atoms with van der Waals surface area (Å²) in [5, 5.41) is 0. The van der Waals surface area contributed by atoms with Crippen LogP contribution in [0.15, 0.2) is 30.3 Å². The Labute approximate surface area is 95.3 Å². The first-order valence-electron chi connectivity index (χ1n) is 5.28. The molecule has 0 fully saturated rings. The lowest BCUT2D eigenvalue weighted by Gasteiger charge is -2.10. The van der Waals surface area contributed by atoms with Gasteiger partial charge in [0.1, 0.15) is 6.04 Å². The van der Waals surface area contributed by atoms with E-state index < -0.39 is 12.0 Å². The molecule has 0 aliphatic heterocycles. The lowest BCUT2D eigenvalue weighted by Crippen LogP contribution is -2.36. The number of benzene rings is 1. The number of nitrogens with two attached hydrogens (primary N) is 1. The van der Waals surface area contributed by atoms with Crippen molar-refractivity contribution in [2.24, 2.45) is 5.73 Å². The highest BCUT2D eigenvalue weighted by Gasteiger charge is 2.14. The van der Waals surface area contributed by atoms with Gasteiger partial charge in [-0.25, -0.2) is 0 Å². The lowest BCUT2D eigenvalue weighted by atomic mass is 10.2. The van der Waals surface area contributed by atoms with E-state index in [9.17, 15) is 4.79 Å². The first-order chi connectivity index (χ1) is 7.74. The van der Waals surface area contributed by atoms with Crippen LogP contribution < -0.4 is 5.73 Å². The Kier molecular flexibility index (Phi) is 5.53. The zero-order chi connectivity index (χ0) is 11.8. The molecule has 0 aliphatic carbocycles. The molecular formula is C12H17NO3. The molecule has 4 heteroatoms. The molecule has 0 aliphatic rings. The molecule has 0 saturated carbocycles. The van der Waals surface area contributed by atoms with E-state index in [1.165, 1.54) is 0 Å². The predicted molar refractivity (Wildman–Crippen MR) is 60.7 cm³/mol. The summed E-state index contributed by atoms with van der Waals surface area (Å²) < 4.78 is 10.1. The molecule has 0 radical (unpaired) electrons. The Hall–Kier alpha value is -1.39. The Balaban J connectivity index is 2.23. The van der Waals surface area contributed by atoms with Gasteiger partial charge in [-0.05, 0) is 12.5 Å². The molecule has 1 aromatic carbocycles. The molecule has 0 aromatic heterocycles. The van der Waals surface area contributed by atoms with Gasteiger partial charge in [-0.2, -0.15) is 0 Å². The topological polar surface area (TPSA) is 61.5 Å². The van der Waals surface area contributed by atoms with E-state index in [-0.39, 0.29) is 6.61 Å². The maximum atomic E-state index is 11.2. The Morgan fingerprint density at radius 2 is 2.06 bits per heavy atom. The van der Waals surface area contributed by atoms with Gasteiger partial charge >= 0.3 is 5.97 Å². The average molecular weight is 223 g/mol. The van der Waals surface area contributed by atoms with Crippen molar-refractivity contribution >= 4 is 5.97 Å². The maximum absolute atomic E-state index is 11.2. The summed E-state index contributed by atoms with van der Waals surface area (Å²) in [6.07, 6.45) is 0. The average Bonchev–Trinajstić information content (AvgIpc) is 2.30. The van der Waals surface area contributed by atoms with Crippen molar-refractivity contribution in [3.8, 4) is 0 Å². The molecule has 0 saturated heterocycles. The standard InChI is InChI=1S/C12H17NO3/c1-2-16-12(14)11(13)9-15-8-10-6-4-3-5-7-10/h3-7,11H,2,8-9,13H2,1H3. The van der Waals surface area contributed by atoms with Gasteiger partial charge in [-0.3, -0.25) is 4.79 Å². The number of carbonyl (C=O) groups is 1. The second-order valence-electron chi connectivity index (χ2n) is 3.36. The SMILES string of the molecule is CCOC(=O)C(N)COCc1ccccc1. The molecule has 4 nitrogen and oxygen atoms in total. The van der Waals surface area contributed by atoms with Gasteiger partial charge in [-0.1, -0.05) is 30.3 Å². The van der Waals surface area contributed by atoms with Gasteiger partial charge in [0, 0.05) is 0 Å². The molecule has 1 rings (SSSR count). The number of rotatable bonds is 6. The van der Waals surface area contributed by atoms with Crippen LogP contribution in [0, 0.1) is 0 Å². The fourth-order valence-electron chi connectivity index (χ4n) is 1.20. The quantitative estimate of drug-likeness (QED) is 0.733. The second kappa shape index (κ2) is 6.98. The van der Waals surface area contributed by atoms with Crippen LogP contribution in [0.25, 0.3) is 0 Å². The third kappa shape index (κ3) is 4.42. The summed E-state index contributed by atoms with van der Waals surface area (Å²) in [4.78, 5) is 11.2. The van der Waals surface area contributed by atoms with E-state index in [2.05, 4.69) is 0 Å². The van der Waals surface area contributed by atoms with Crippen LogP contribution in [0.3, 0.4) is 0 Å². The lowest BCUT2D eigenvalue weighted by molar-refractivity contribution is -0.146. The number of ether oxygens (including phenoxy) is 2. The Morgan fingerprint density at radius 3 is 2.69 bits per heavy atom. The van der Waals surface area contributed by atoms with E-state index in [0.717, 1.165) is 5.56 Å². The number of carbonyl (C=O) groups excluding carboxylic acids is 1. The minimum atomic E-state index is -0.705. The Morgan fingerprint density at radius 1 is 1.38 bits per heavy atom. The van der Waals surface area contributed by atoms with E-state index in [4.69, 9.17) is 15.2 Å². The van der Waals surface area contributed by atoms with Gasteiger partial charge in [0.05, 0.1) is 19.8 Å². The first kappa shape index (κ1) is 12.7. The van der Waals surface area contributed by atoms with Gasteiger partial charge in [-0.15, -0.1) is 0 Å². The summed E-state index contributed by atoms with van der Waals surface area (Å²) in [7, 11) is 0. The molecule has 2 N–H and O–H groups in total. The minimum absolute atomic E-state index is 0.174. The van der Waals surface area contributed by atoms with Crippen LogP contribution in [0.2, 0.25) is 0 Å². The highest BCUT2D eigenvalue weighted by molar-refractivity contribution is 5.75. The van der Waals surface area contributed by atoms with Crippen molar-refractivity contribution in [2.45, 2.75) is 19.6 Å². The number of esters is 1. The normalized spacial score (nSPS) is 12.1. The molecule has 88 valence electrons. The summed E-state index contributed by atoms with van der Waals surface area (Å²) in [5.74, 6) is -0.421. The van der Waals surface area contributed by atoms with Crippen LogP contribution in [-0.4, -0.2) is 25.2 Å². The molecular weight excluding hydrogens is 206 g/mol. The van der Waals surface area contributed by atoms with E-state index >= 15 is 0 Å². The molecule has 0 amide bonds. The molecule has 1 atom stereocenters. The first-order valence-corrected chi connectivity index (χ1v) is 5.28. The van der Waals surface area contributed by atoms with Crippen molar-refractivity contribution in [3.63, 3.8) is 0 Å². The minimum Gasteiger partial charge on any atom is -0.465 e. The highest BCUT2D eigenvalue weighted by Crippen LogP contribution is 2.00. The van der Waals surface area contributed by atoms with Gasteiger partial charge < -0.3 is 15.2 Å². The van der Waals surface area contributed by atoms with Crippen LogP contribution in [-0.2, 0) is 20.9 Å². The van der Waals surface area contributed by atoms with E-state index in [0.29, 0.717) is 13.2 Å².